The van der Waals surface area contributed by atoms with Gasteiger partial charge in [-0.05, 0) is 61.7 Å². The minimum Gasteiger partial charge on any atom is -0.479 e. The Morgan fingerprint density at radius 1 is 1.04 bits per heavy atom. The summed E-state index contributed by atoms with van der Waals surface area (Å²) < 4.78 is 53.0. The van der Waals surface area contributed by atoms with Crippen molar-refractivity contribution in [1.82, 2.24) is 15.3 Å². The maximum atomic E-state index is 12.5. The number of carbonyl (C=O) groups is 3. The van der Waals surface area contributed by atoms with Crippen molar-refractivity contribution in [3.8, 4) is 17.4 Å². The molecule has 1 aliphatic rings. The van der Waals surface area contributed by atoms with Crippen molar-refractivity contribution in [3.63, 3.8) is 0 Å². The number of hydrogen-bond acceptors (Lipinski definition) is 9. The Kier molecular flexibility index (Phi) is 11.3. The van der Waals surface area contributed by atoms with E-state index in [0.717, 1.165) is 6.07 Å². The van der Waals surface area contributed by atoms with Crippen LogP contribution in [0.4, 0.5) is 13.2 Å². The quantitative estimate of drug-likeness (QED) is 0.247. The monoisotopic (exact) mass is 666 g/mol. The van der Waals surface area contributed by atoms with Crippen LogP contribution in [0.2, 0.25) is 5.02 Å². The summed E-state index contributed by atoms with van der Waals surface area (Å²) in [6, 6.07) is 7.99. The number of carboxylic acid groups (broad SMARTS) is 2. The molecule has 246 valence electrons. The lowest BCUT2D eigenvalue weighted by Crippen LogP contribution is -2.41. The number of methoxy groups -OCH3 is 1. The second-order valence-electron chi connectivity index (χ2n) is 10.4. The number of amidine groups is 1. The van der Waals surface area contributed by atoms with Crippen molar-refractivity contribution in [1.29, 1.82) is 0 Å². The Bertz CT molecular complexity index is 1630. The Morgan fingerprint density at radius 3 is 2.17 bits per heavy atom. The molecule has 0 aliphatic carbocycles. The smallest absolute Gasteiger partial charge is 0.417 e. The Hall–Kier alpha value is -4.76. The molecule has 1 aromatic carbocycles. The molecular formula is C30H30ClF3N4O8. The van der Waals surface area contributed by atoms with Gasteiger partial charge in [0, 0.05) is 19.5 Å². The van der Waals surface area contributed by atoms with Crippen molar-refractivity contribution < 1.29 is 52.0 Å². The molecule has 2 atom stereocenters. The lowest BCUT2D eigenvalue weighted by molar-refractivity contribution is -0.144. The van der Waals surface area contributed by atoms with Crippen molar-refractivity contribution >= 4 is 35.3 Å². The number of alkyl halides is 3. The number of aliphatic imine (C=N–C) groups is 1. The summed E-state index contributed by atoms with van der Waals surface area (Å²) in [5, 5.41) is 20.5. The maximum Gasteiger partial charge on any atom is 0.417 e. The molecule has 3 aromatic rings. The molecule has 0 saturated carbocycles. The number of pyridine rings is 2. The van der Waals surface area contributed by atoms with E-state index in [9.17, 15) is 32.7 Å². The number of carbonyl (C=O) groups excluding carboxylic acids is 1. The van der Waals surface area contributed by atoms with E-state index in [4.69, 9.17) is 30.9 Å². The van der Waals surface area contributed by atoms with Gasteiger partial charge in [-0.25, -0.2) is 19.6 Å². The molecule has 0 fully saturated rings. The number of halogens is 4. The van der Waals surface area contributed by atoms with Gasteiger partial charge in [-0.2, -0.15) is 13.2 Å². The number of amides is 1. The van der Waals surface area contributed by atoms with Crippen LogP contribution in [0, 0.1) is 5.92 Å². The molecule has 12 nitrogen and oxygen atoms in total. The molecule has 0 spiro atoms. The number of ether oxygens (including phenoxy) is 3. The zero-order valence-electron chi connectivity index (χ0n) is 25.2. The highest BCUT2D eigenvalue weighted by atomic mass is 35.5. The highest BCUT2D eigenvalue weighted by Crippen LogP contribution is 2.35. The first-order valence-electron chi connectivity index (χ1n) is 13.5. The number of rotatable bonds is 10. The predicted molar refractivity (Wildman–Crippen MR) is 158 cm³/mol. The van der Waals surface area contributed by atoms with Crippen molar-refractivity contribution in [2.45, 2.75) is 52.1 Å². The van der Waals surface area contributed by atoms with Crippen molar-refractivity contribution in [2.75, 3.05) is 7.11 Å². The summed E-state index contributed by atoms with van der Waals surface area (Å²) in [6.45, 7) is 7.13. The second kappa shape index (κ2) is 14.6. The largest absolute Gasteiger partial charge is 0.479 e. The third-order valence-electron chi connectivity index (χ3n) is 6.70. The molecule has 2 unspecified atom stereocenters. The Morgan fingerprint density at radius 2 is 1.67 bits per heavy atom. The van der Waals surface area contributed by atoms with Crippen LogP contribution in [-0.4, -0.2) is 62.6 Å². The number of aliphatic carboxylic acids is 1. The summed E-state index contributed by atoms with van der Waals surface area (Å²) in [4.78, 5) is 46.4. The molecule has 0 bridgehead atoms. The van der Waals surface area contributed by atoms with Crippen LogP contribution in [0.5, 0.6) is 17.4 Å². The van der Waals surface area contributed by atoms with Crippen LogP contribution in [0.15, 0.2) is 53.8 Å². The first kappa shape index (κ1) is 35.7. The van der Waals surface area contributed by atoms with Gasteiger partial charge in [0.15, 0.2) is 11.9 Å². The summed E-state index contributed by atoms with van der Waals surface area (Å²) >= 11 is 5.74. The molecule has 3 N–H and O–H groups in total. The van der Waals surface area contributed by atoms with Gasteiger partial charge < -0.3 is 29.7 Å². The third kappa shape index (κ3) is 8.69. The number of nitrogens with one attached hydrogen (secondary N) is 1. The van der Waals surface area contributed by atoms with Gasteiger partial charge >= 0.3 is 18.1 Å². The molecule has 3 heterocycles. The molecular weight excluding hydrogens is 637 g/mol. The molecule has 4 rings (SSSR count). The lowest BCUT2D eigenvalue weighted by Gasteiger charge is -2.21. The fourth-order valence-electron chi connectivity index (χ4n) is 3.76. The van der Waals surface area contributed by atoms with Gasteiger partial charge in [-0.15, -0.1) is 0 Å². The van der Waals surface area contributed by atoms with Gasteiger partial charge in [-0.3, -0.25) is 9.78 Å². The van der Waals surface area contributed by atoms with E-state index in [-0.39, 0.29) is 52.2 Å². The van der Waals surface area contributed by atoms with E-state index >= 15 is 0 Å². The van der Waals surface area contributed by atoms with E-state index in [1.54, 1.807) is 6.92 Å². The van der Waals surface area contributed by atoms with Gasteiger partial charge in [-0.1, -0.05) is 25.4 Å². The fraction of sp³-hybridized carbons (Fsp3) is 0.333. The van der Waals surface area contributed by atoms with Gasteiger partial charge in [0.05, 0.1) is 17.7 Å². The summed E-state index contributed by atoms with van der Waals surface area (Å²) in [6.07, 6.45) is -3.43. The number of hydrogen-bond donors (Lipinski definition) is 3. The molecule has 2 aromatic heterocycles. The molecule has 1 aliphatic heterocycles. The lowest BCUT2D eigenvalue weighted by atomic mass is 9.89. The summed E-state index contributed by atoms with van der Waals surface area (Å²) in [5.41, 5.74) is -1.11. The normalized spacial score (nSPS) is 16.6. The summed E-state index contributed by atoms with van der Waals surface area (Å²) in [5.74, 6) is -1.96. The van der Waals surface area contributed by atoms with E-state index in [1.807, 2.05) is 13.8 Å². The molecule has 1 amide bonds. The SMILES string of the molecule is CC(Oc1ccc(Oc2ncc(C(F)(F)F)cc2Cl)cc1)C(=O)O.COCc1cnc(C2=NC(C)(C(C)C)C(=O)N2)c(C(=O)O)c1. The zero-order valence-corrected chi connectivity index (χ0v) is 25.9. The van der Waals surface area contributed by atoms with Crippen LogP contribution in [0.1, 0.15) is 54.9 Å². The van der Waals surface area contributed by atoms with Crippen molar-refractivity contribution in [3.05, 3.63) is 76.2 Å². The topological polar surface area (TPSA) is 170 Å². The number of aromatic carboxylic acids is 1. The standard InChI is InChI=1S/C15H11ClF3NO4.C15H19N3O4/c1-8(14(21)22)23-10-2-4-11(5-3-10)24-13-12(16)6-9(7-20-13)15(17,18)19;1-8(2)15(3)14(21)17-12(18-15)11-10(13(19)20)5-9(6-16-11)7-22-4/h2-8H,1H3,(H,21,22);5-6,8H,7H2,1-4H3,(H,19,20)(H,17,18,21). The molecule has 0 saturated heterocycles. The maximum absolute atomic E-state index is 12.5. The van der Waals surface area contributed by atoms with Crippen LogP contribution in [0.25, 0.3) is 0 Å². The minimum atomic E-state index is -4.55. The highest BCUT2D eigenvalue weighted by molar-refractivity contribution is 6.31. The number of benzene rings is 1. The molecule has 46 heavy (non-hydrogen) atoms. The van der Waals surface area contributed by atoms with E-state index in [2.05, 4.69) is 20.3 Å². The number of carboxylic acids is 2. The van der Waals surface area contributed by atoms with Gasteiger partial charge in [0.2, 0.25) is 5.88 Å². The number of nitrogens with zero attached hydrogens (tertiary/aromatic N) is 3. The average molecular weight is 667 g/mol. The zero-order chi connectivity index (χ0) is 34.4. The van der Waals surface area contributed by atoms with E-state index in [0.29, 0.717) is 17.5 Å². The van der Waals surface area contributed by atoms with E-state index in [1.165, 1.54) is 50.6 Å². The fourth-order valence-corrected chi connectivity index (χ4v) is 3.97. The van der Waals surface area contributed by atoms with Crippen LogP contribution >= 0.6 is 11.6 Å². The molecule has 0 radical (unpaired) electrons. The summed E-state index contributed by atoms with van der Waals surface area (Å²) in [7, 11) is 1.52. The van der Waals surface area contributed by atoms with Crippen molar-refractivity contribution in [2.24, 2.45) is 10.9 Å². The first-order chi connectivity index (χ1) is 21.5. The predicted octanol–water partition coefficient (Wildman–Crippen LogP) is 5.62. The van der Waals surface area contributed by atoms with Gasteiger partial charge in [0.1, 0.15) is 27.8 Å². The Labute approximate surface area is 266 Å². The Balaban J connectivity index is 0.000000251. The van der Waals surface area contributed by atoms with Gasteiger partial charge in [0.25, 0.3) is 5.91 Å². The third-order valence-corrected chi connectivity index (χ3v) is 6.97. The van der Waals surface area contributed by atoms with Crippen LogP contribution in [0.3, 0.4) is 0 Å². The minimum absolute atomic E-state index is 0.0124. The average Bonchev–Trinajstić information content (AvgIpc) is 3.30. The van der Waals surface area contributed by atoms with Crippen LogP contribution in [-0.2, 0) is 27.1 Å². The second-order valence-corrected chi connectivity index (χ2v) is 10.8. The first-order valence-corrected chi connectivity index (χ1v) is 13.9. The van der Waals surface area contributed by atoms with Crippen LogP contribution < -0.4 is 14.8 Å². The highest BCUT2D eigenvalue weighted by Gasteiger charge is 2.43. The molecule has 16 heteroatoms. The van der Waals surface area contributed by atoms with E-state index < -0.39 is 35.3 Å². The number of aromatic nitrogens is 2.